The van der Waals surface area contributed by atoms with Crippen LogP contribution in [0.1, 0.15) is 16.7 Å². The standard InChI is InChI=1S/C16H18ClN3O/c1-11-3-8-15(14(9-11)16(18)19-21)20(2)10-12-4-6-13(17)7-5-12/h3-9,21H,10H2,1-2H3,(H2,18,19). The SMILES string of the molecule is Cc1ccc(N(C)Cc2ccc(Cl)cc2)c(/C(N)=N/O)c1. The van der Waals surface area contributed by atoms with E-state index in [0.717, 1.165) is 16.8 Å². The van der Waals surface area contributed by atoms with Gasteiger partial charge in [-0.3, -0.25) is 0 Å². The van der Waals surface area contributed by atoms with Crippen LogP contribution in [0.15, 0.2) is 47.6 Å². The van der Waals surface area contributed by atoms with Crippen molar-refractivity contribution in [3.63, 3.8) is 0 Å². The number of hydrogen-bond donors (Lipinski definition) is 2. The Kier molecular flexibility index (Phi) is 4.70. The average Bonchev–Trinajstić information content (AvgIpc) is 2.48. The number of oxime groups is 1. The Hall–Kier alpha value is -2.20. The minimum Gasteiger partial charge on any atom is -0.409 e. The summed E-state index contributed by atoms with van der Waals surface area (Å²) in [6, 6.07) is 13.6. The number of hydrogen-bond acceptors (Lipinski definition) is 3. The van der Waals surface area contributed by atoms with Gasteiger partial charge in [0.25, 0.3) is 0 Å². The van der Waals surface area contributed by atoms with Crippen molar-refractivity contribution < 1.29 is 5.21 Å². The fraction of sp³-hybridized carbons (Fsp3) is 0.188. The molecule has 0 atom stereocenters. The molecule has 3 N–H and O–H groups in total. The summed E-state index contributed by atoms with van der Waals surface area (Å²) in [5.74, 6) is 0.108. The van der Waals surface area contributed by atoms with Crippen LogP contribution >= 0.6 is 11.6 Å². The summed E-state index contributed by atoms with van der Waals surface area (Å²) in [7, 11) is 1.97. The highest BCUT2D eigenvalue weighted by Gasteiger charge is 2.12. The van der Waals surface area contributed by atoms with Gasteiger partial charge >= 0.3 is 0 Å². The molecule has 4 nitrogen and oxygen atoms in total. The molecule has 0 aliphatic heterocycles. The number of halogens is 1. The molecule has 0 radical (unpaired) electrons. The van der Waals surface area contributed by atoms with Gasteiger partial charge in [-0.1, -0.05) is 40.5 Å². The Labute approximate surface area is 129 Å². The summed E-state index contributed by atoms with van der Waals surface area (Å²) in [5, 5.41) is 12.8. The van der Waals surface area contributed by atoms with E-state index in [0.29, 0.717) is 17.1 Å². The Morgan fingerprint density at radius 3 is 2.52 bits per heavy atom. The first kappa shape index (κ1) is 15.2. The lowest BCUT2D eigenvalue weighted by molar-refractivity contribution is 0.318. The van der Waals surface area contributed by atoms with Crippen molar-refractivity contribution in [2.75, 3.05) is 11.9 Å². The zero-order valence-corrected chi connectivity index (χ0v) is 12.8. The van der Waals surface area contributed by atoms with Gasteiger partial charge in [0, 0.05) is 29.9 Å². The smallest absolute Gasteiger partial charge is 0.172 e. The van der Waals surface area contributed by atoms with Gasteiger partial charge in [-0.2, -0.15) is 0 Å². The molecule has 2 aromatic rings. The van der Waals surface area contributed by atoms with Gasteiger partial charge in [0.05, 0.1) is 0 Å². The molecule has 2 rings (SSSR count). The largest absolute Gasteiger partial charge is 0.409 e. The van der Waals surface area contributed by atoms with Crippen molar-refractivity contribution in [1.82, 2.24) is 0 Å². The summed E-state index contributed by atoms with van der Waals surface area (Å²) in [4.78, 5) is 2.05. The first-order chi connectivity index (χ1) is 10.0. The van der Waals surface area contributed by atoms with E-state index < -0.39 is 0 Å². The summed E-state index contributed by atoms with van der Waals surface area (Å²) >= 11 is 5.89. The maximum Gasteiger partial charge on any atom is 0.172 e. The van der Waals surface area contributed by atoms with Gasteiger partial charge < -0.3 is 15.8 Å². The molecular formula is C16H18ClN3O. The zero-order chi connectivity index (χ0) is 15.4. The van der Waals surface area contributed by atoms with E-state index in [1.165, 1.54) is 0 Å². The third kappa shape index (κ3) is 3.67. The summed E-state index contributed by atoms with van der Waals surface area (Å²) in [6.45, 7) is 2.67. The monoisotopic (exact) mass is 303 g/mol. The topological polar surface area (TPSA) is 61.8 Å². The summed E-state index contributed by atoms with van der Waals surface area (Å²) in [5.41, 5.74) is 9.58. The molecule has 0 unspecified atom stereocenters. The fourth-order valence-corrected chi connectivity index (χ4v) is 2.32. The normalized spacial score (nSPS) is 11.5. The molecule has 0 aromatic heterocycles. The van der Waals surface area contributed by atoms with Crippen LogP contribution in [0, 0.1) is 6.92 Å². The number of rotatable bonds is 4. The van der Waals surface area contributed by atoms with Crippen LogP contribution in [0.5, 0.6) is 0 Å². The van der Waals surface area contributed by atoms with Crippen molar-refractivity contribution in [1.29, 1.82) is 0 Å². The van der Waals surface area contributed by atoms with Crippen LogP contribution in [0.3, 0.4) is 0 Å². The summed E-state index contributed by atoms with van der Waals surface area (Å²) < 4.78 is 0. The molecule has 0 aliphatic carbocycles. The number of aryl methyl sites for hydroxylation is 1. The van der Waals surface area contributed by atoms with Crippen LogP contribution in [0.25, 0.3) is 0 Å². The van der Waals surface area contributed by atoms with Gasteiger partial charge in [0.15, 0.2) is 5.84 Å². The zero-order valence-electron chi connectivity index (χ0n) is 12.0. The highest BCUT2D eigenvalue weighted by atomic mass is 35.5. The van der Waals surface area contributed by atoms with Crippen molar-refractivity contribution in [3.8, 4) is 0 Å². The third-order valence-corrected chi connectivity index (χ3v) is 3.53. The molecule has 0 amide bonds. The lowest BCUT2D eigenvalue weighted by Gasteiger charge is -2.22. The van der Waals surface area contributed by atoms with Crippen molar-refractivity contribution in [2.45, 2.75) is 13.5 Å². The Bertz CT molecular complexity index is 653. The van der Waals surface area contributed by atoms with Crippen LogP contribution in [-0.4, -0.2) is 18.1 Å². The molecule has 2 aromatic carbocycles. The molecule has 21 heavy (non-hydrogen) atoms. The average molecular weight is 304 g/mol. The maximum atomic E-state index is 8.94. The van der Waals surface area contributed by atoms with Crippen LogP contribution in [0.4, 0.5) is 5.69 Å². The van der Waals surface area contributed by atoms with Gasteiger partial charge in [-0.25, -0.2) is 0 Å². The van der Waals surface area contributed by atoms with E-state index in [2.05, 4.69) is 10.1 Å². The summed E-state index contributed by atoms with van der Waals surface area (Å²) in [6.07, 6.45) is 0. The van der Waals surface area contributed by atoms with Crippen molar-refractivity contribution in [3.05, 3.63) is 64.2 Å². The number of nitrogens with zero attached hydrogens (tertiary/aromatic N) is 2. The van der Waals surface area contributed by atoms with Gasteiger partial charge in [-0.15, -0.1) is 0 Å². The first-order valence-electron chi connectivity index (χ1n) is 6.55. The van der Waals surface area contributed by atoms with E-state index in [9.17, 15) is 0 Å². The van der Waals surface area contributed by atoms with E-state index in [-0.39, 0.29) is 5.84 Å². The van der Waals surface area contributed by atoms with E-state index in [4.69, 9.17) is 22.5 Å². The molecule has 0 saturated heterocycles. The van der Waals surface area contributed by atoms with Crippen molar-refractivity contribution >= 4 is 23.1 Å². The van der Waals surface area contributed by atoms with E-state index in [1.807, 2.05) is 56.4 Å². The van der Waals surface area contributed by atoms with E-state index >= 15 is 0 Å². The number of benzene rings is 2. The molecule has 0 aliphatic rings. The maximum absolute atomic E-state index is 8.94. The van der Waals surface area contributed by atoms with Crippen LogP contribution < -0.4 is 10.6 Å². The third-order valence-electron chi connectivity index (χ3n) is 3.28. The quantitative estimate of drug-likeness (QED) is 0.394. The number of amidine groups is 1. The molecule has 0 fully saturated rings. The highest BCUT2D eigenvalue weighted by molar-refractivity contribution is 6.30. The Balaban J connectivity index is 2.30. The molecule has 0 heterocycles. The fourth-order valence-electron chi connectivity index (χ4n) is 2.19. The Morgan fingerprint density at radius 2 is 1.90 bits per heavy atom. The number of anilines is 1. The number of nitrogens with two attached hydrogens (primary N) is 1. The predicted octanol–water partition coefficient (Wildman–Crippen LogP) is 3.38. The second kappa shape index (κ2) is 6.50. The highest BCUT2D eigenvalue weighted by Crippen LogP contribution is 2.23. The van der Waals surface area contributed by atoms with E-state index in [1.54, 1.807) is 0 Å². The van der Waals surface area contributed by atoms with Gasteiger partial charge in [0.2, 0.25) is 0 Å². The minimum absolute atomic E-state index is 0.108. The second-order valence-corrected chi connectivity index (χ2v) is 5.42. The van der Waals surface area contributed by atoms with Gasteiger partial charge in [0.1, 0.15) is 0 Å². The van der Waals surface area contributed by atoms with Crippen LogP contribution in [-0.2, 0) is 6.54 Å². The van der Waals surface area contributed by atoms with Crippen LogP contribution in [0.2, 0.25) is 5.02 Å². The predicted molar refractivity (Wildman–Crippen MR) is 87.2 cm³/mol. The van der Waals surface area contributed by atoms with Crippen molar-refractivity contribution in [2.24, 2.45) is 10.9 Å². The molecule has 0 spiro atoms. The molecule has 0 saturated carbocycles. The van der Waals surface area contributed by atoms with Gasteiger partial charge in [-0.05, 0) is 36.8 Å². The molecular weight excluding hydrogens is 286 g/mol. The minimum atomic E-state index is 0.108. The molecule has 5 heteroatoms. The Morgan fingerprint density at radius 1 is 1.24 bits per heavy atom. The first-order valence-corrected chi connectivity index (χ1v) is 6.93. The lowest BCUT2D eigenvalue weighted by Crippen LogP contribution is -2.22. The second-order valence-electron chi connectivity index (χ2n) is 4.99. The molecule has 0 bridgehead atoms. The lowest BCUT2D eigenvalue weighted by atomic mass is 10.1. The molecule has 110 valence electrons.